The van der Waals surface area contributed by atoms with Crippen LogP contribution in [0.25, 0.3) is 0 Å². The molecule has 0 aliphatic carbocycles. The first-order chi connectivity index (χ1) is 7.54. The van der Waals surface area contributed by atoms with Crippen molar-refractivity contribution in [2.45, 2.75) is 12.3 Å². The molecule has 0 amide bonds. The van der Waals surface area contributed by atoms with Crippen LogP contribution in [0.1, 0.15) is 0 Å². The molecule has 0 aromatic heterocycles. The van der Waals surface area contributed by atoms with Gasteiger partial charge in [-0.25, -0.2) is 8.78 Å². The van der Waals surface area contributed by atoms with Crippen molar-refractivity contribution in [2.75, 3.05) is 11.9 Å². The first-order valence-corrected chi connectivity index (χ1v) is 4.71. The maximum atomic E-state index is 13.9. The monoisotopic (exact) mass is 229 g/mol. The normalized spacial score (nSPS) is 24.4. The predicted molar refractivity (Wildman–Crippen MR) is 54.5 cm³/mol. The van der Waals surface area contributed by atoms with Crippen LogP contribution in [0.5, 0.6) is 5.75 Å². The number of para-hydroxylation sites is 2. The molecule has 1 aliphatic rings. The summed E-state index contributed by atoms with van der Waals surface area (Å²) in [6.07, 6.45) is -3.27. The molecule has 2 nitrogen and oxygen atoms in total. The summed E-state index contributed by atoms with van der Waals surface area (Å²) in [5, 5.41) is 2.79. The molecule has 0 bridgehead atoms. The highest BCUT2D eigenvalue weighted by Crippen LogP contribution is 2.38. The highest BCUT2D eigenvalue weighted by atomic mass is 19.3. The summed E-state index contributed by atoms with van der Waals surface area (Å²) in [6.45, 7) is 3.20. The van der Waals surface area contributed by atoms with Crippen molar-refractivity contribution in [1.29, 1.82) is 0 Å². The first kappa shape index (κ1) is 10.9. The molecule has 0 radical (unpaired) electrons. The number of halogens is 3. The molecule has 1 N–H and O–H groups in total. The molecule has 1 aliphatic heterocycles. The van der Waals surface area contributed by atoms with Gasteiger partial charge in [0.2, 0.25) is 0 Å². The van der Waals surface area contributed by atoms with Crippen LogP contribution in [0, 0.1) is 0 Å². The Morgan fingerprint density at radius 3 is 2.75 bits per heavy atom. The van der Waals surface area contributed by atoms with Crippen LogP contribution in [0.4, 0.5) is 18.9 Å². The number of benzene rings is 1. The van der Waals surface area contributed by atoms with Gasteiger partial charge in [0.05, 0.1) is 5.69 Å². The van der Waals surface area contributed by atoms with Crippen LogP contribution < -0.4 is 10.1 Å². The van der Waals surface area contributed by atoms with Gasteiger partial charge in [-0.1, -0.05) is 18.7 Å². The lowest BCUT2D eigenvalue weighted by molar-refractivity contribution is -0.137. The highest BCUT2D eigenvalue weighted by molar-refractivity contribution is 5.58. The molecule has 5 heteroatoms. The lowest BCUT2D eigenvalue weighted by atomic mass is 10.1. The number of hydrogen-bond donors (Lipinski definition) is 1. The van der Waals surface area contributed by atoms with E-state index in [1.165, 1.54) is 6.07 Å². The Bertz CT molecular complexity index is 421. The van der Waals surface area contributed by atoms with E-state index < -0.39 is 12.3 Å². The number of anilines is 1. The molecule has 1 heterocycles. The van der Waals surface area contributed by atoms with Gasteiger partial charge in [-0.2, -0.15) is 4.39 Å². The lowest BCUT2D eigenvalue weighted by Crippen LogP contribution is -2.41. The molecular weight excluding hydrogens is 219 g/mol. The Kier molecular flexibility index (Phi) is 2.53. The van der Waals surface area contributed by atoms with Crippen molar-refractivity contribution in [1.82, 2.24) is 0 Å². The summed E-state index contributed by atoms with van der Waals surface area (Å²) < 4.78 is 43.9. The molecule has 0 saturated heterocycles. The Balaban J connectivity index is 2.42. The number of nitrogens with one attached hydrogen (secondary N) is 1. The van der Waals surface area contributed by atoms with Gasteiger partial charge in [0.25, 0.3) is 0 Å². The second kappa shape index (κ2) is 3.73. The second-order valence-electron chi connectivity index (χ2n) is 3.50. The summed E-state index contributed by atoms with van der Waals surface area (Å²) in [5.41, 5.74) is 0.155. The molecule has 1 aromatic rings. The van der Waals surface area contributed by atoms with Crippen molar-refractivity contribution in [3.8, 4) is 5.75 Å². The molecular formula is C11H10F3NO. The van der Waals surface area contributed by atoms with Crippen molar-refractivity contribution in [3.63, 3.8) is 0 Å². The summed E-state index contributed by atoms with van der Waals surface area (Å²) in [4.78, 5) is 0. The molecule has 1 atom stereocenters. The molecule has 16 heavy (non-hydrogen) atoms. The van der Waals surface area contributed by atoms with Crippen molar-refractivity contribution >= 4 is 5.69 Å². The van der Waals surface area contributed by atoms with Crippen molar-refractivity contribution in [2.24, 2.45) is 0 Å². The van der Waals surface area contributed by atoms with E-state index in [0.29, 0.717) is 5.69 Å². The van der Waals surface area contributed by atoms with Gasteiger partial charge in [0.15, 0.2) is 0 Å². The molecule has 86 valence electrons. The Morgan fingerprint density at radius 2 is 2.06 bits per heavy atom. The lowest BCUT2D eigenvalue weighted by Gasteiger charge is -2.25. The van der Waals surface area contributed by atoms with E-state index in [4.69, 9.17) is 4.74 Å². The van der Waals surface area contributed by atoms with E-state index in [9.17, 15) is 13.2 Å². The largest absolute Gasteiger partial charge is 0.447 e. The Labute approximate surface area is 90.7 Å². The third-order valence-electron chi connectivity index (χ3n) is 2.40. The topological polar surface area (TPSA) is 21.3 Å². The minimum atomic E-state index is -3.27. The smallest absolute Gasteiger partial charge is 0.332 e. The van der Waals surface area contributed by atoms with Crippen LogP contribution in [-0.4, -0.2) is 18.8 Å². The second-order valence-corrected chi connectivity index (χ2v) is 3.50. The summed E-state index contributed by atoms with van der Waals surface area (Å²) in [5.74, 6) is -3.07. The quantitative estimate of drug-likeness (QED) is 0.747. The molecule has 0 saturated carbocycles. The van der Waals surface area contributed by atoms with Gasteiger partial charge in [0.1, 0.15) is 5.75 Å². The highest BCUT2D eigenvalue weighted by Gasteiger charge is 2.47. The zero-order valence-corrected chi connectivity index (χ0v) is 8.34. The molecule has 0 spiro atoms. The maximum absolute atomic E-state index is 13.9. The molecule has 1 aromatic carbocycles. The molecule has 1 unspecified atom stereocenters. The van der Waals surface area contributed by atoms with E-state index >= 15 is 0 Å². The maximum Gasteiger partial charge on any atom is 0.332 e. The number of fused-ring (bicyclic) bond motifs is 1. The number of rotatable bonds is 1. The molecule has 2 rings (SSSR count). The Hall–Kier alpha value is -1.65. The zero-order chi connectivity index (χ0) is 11.8. The van der Waals surface area contributed by atoms with Crippen LogP contribution in [0.15, 0.2) is 36.4 Å². The van der Waals surface area contributed by atoms with E-state index in [1.54, 1.807) is 18.2 Å². The number of hydrogen-bond acceptors (Lipinski definition) is 2. The average molecular weight is 229 g/mol. The van der Waals surface area contributed by atoms with Gasteiger partial charge in [-0.3, -0.25) is 0 Å². The average Bonchev–Trinajstić information content (AvgIpc) is 2.38. The predicted octanol–water partition coefficient (Wildman–Crippen LogP) is 2.98. The van der Waals surface area contributed by atoms with E-state index in [2.05, 4.69) is 11.9 Å². The fourth-order valence-electron chi connectivity index (χ4n) is 1.46. The summed E-state index contributed by atoms with van der Waals surface area (Å²) in [6, 6.07) is 6.34. The van der Waals surface area contributed by atoms with Crippen LogP contribution in [0.2, 0.25) is 0 Å². The van der Waals surface area contributed by atoms with E-state index in [0.717, 1.165) is 0 Å². The molecule has 0 fully saturated rings. The van der Waals surface area contributed by atoms with Gasteiger partial charge in [0, 0.05) is 12.1 Å². The number of alkyl halides is 3. The standard InChI is InChI=1S/C11H10F3NO/c1-7-6-15-8-4-2-3-5-9(8)16-11(7,14)10(12)13/h2-5,10,15H,1,6H2. The van der Waals surface area contributed by atoms with E-state index in [-0.39, 0.29) is 17.9 Å². The Morgan fingerprint density at radius 1 is 1.38 bits per heavy atom. The van der Waals surface area contributed by atoms with Crippen LogP contribution in [-0.2, 0) is 0 Å². The van der Waals surface area contributed by atoms with E-state index in [1.807, 2.05) is 0 Å². The minimum Gasteiger partial charge on any atom is -0.447 e. The van der Waals surface area contributed by atoms with Crippen molar-refractivity contribution in [3.05, 3.63) is 36.4 Å². The van der Waals surface area contributed by atoms with Gasteiger partial charge < -0.3 is 10.1 Å². The first-order valence-electron chi connectivity index (χ1n) is 4.71. The van der Waals surface area contributed by atoms with Gasteiger partial charge in [-0.05, 0) is 12.1 Å². The zero-order valence-electron chi connectivity index (χ0n) is 8.34. The van der Waals surface area contributed by atoms with Crippen LogP contribution >= 0.6 is 0 Å². The minimum absolute atomic E-state index is 0.0592. The summed E-state index contributed by atoms with van der Waals surface area (Å²) >= 11 is 0. The number of ether oxygens (including phenoxy) is 1. The summed E-state index contributed by atoms with van der Waals surface area (Å²) in [7, 11) is 0. The third kappa shape index (κ3) is 1.62. The van der Waals surface area contributed by atoms with Crippen molar-refractivity contribution < 1.29 is 17.9 Å². The fraction of sp³-hybridized carbons (Fsp3) is 0.273. The SMILES string of the molecule is C=C1CNc2ccccc2OC1(F)C(F)F. The van der Waals surface area contributed by atoms with Gasteiger partial charge in [-0.15, -0.1) is 0 Å². The fourth-order valence-corrected chi connectivity index (χ4v) is 1.46. The third-order valence-corrected chi connectivity index (χ3v) is 2.40. The van der Waals surface area contributed by atoms with Gasteiger partial charge >= 0.3 is 12.3 Å². The van der Waals surface area contributed by atoms with Crippen LogP contribution in [0.3, 0.4) is 0 Å².